The third-order valence-corrected chi connectivity index (χ3v) is 3.12. The number of anilines is 2. The number of rotatable bonds is 4. The lowest BCUT2D eigenvalue weighted by molar-refractivity contribution is 0.208. The predicted octanol–water partition coefficient (Wildman–Crippen LogP) is 4.61. The topological polar surface area (TPSA) is 41.6 Å². The van der Waals surface area contributed by atoms with E-state index >= 15 is 0 Å². The number of ether oxygens (including phenoxy) is 1. The van der Waals surface area contributed by atoms with E-state index in [1.165, 1.54) is 17.0 Å². The summed E-state index contributed by atoms with van der Waals surface area (Å²) in [5, 5.41) is 2.98. The van der Waals surface area contributed by atoms with Crippen molar-refractivity contribution in [1.29, 1.82) is 0 Å². The van der Waals surface area contributed by atoms with Crippen LogP contribution in [0, 0.1) is 5.82 Å². The maximum Gasteiger partial charge on any atom is 0.419 e. The third kappa shape index (κ3) is 4.75. The molecule has 1 amide bonds. The van der Waals surface area contributed by atoms with E-state index < -0.39 is 11.9 Å². The average Bonchev–Trinajstić information content (AvgIpc) is 2.47. The van der Waals surface area contributed by atoms with E-state index in [1.807, 2.05) is 6.07 Å². The fourth-order valence-corrected chi connectivity index (χ4v) is 2.18. The van der Waals surface area contributed by atoms with Gasteiger partial charge in [-0.1, -0.05) is 24.4 Å². The van der Waals surface area contributed by atoms with Gasteiger partial charge in [0, 0.05) is 24.0 Å². The van der Waals surface area contributed by atoms with Crippen LogP contribution in [0.25, 0.3) is 0 Å². The zero-order valence-corrected chi connectivity index (χ0v) is 13.7. The maximum atomic E-state index is 13.3. The Hall–Kier alpha value is -2.47. The van der Waals surface area contributed by atoms with Gasteiger partial charge in [0.2, 0.25) is 0 Å². The van der Waals surface area contributed by atoms with E-state index in [4.69, 9.17) is 17.0 Å². The van der Waals surface area contributed by atoms with E-state index in [1.54, 1.807) is 44.2 Å². The van der Waals surface area contributed by atoms with Gasteiger partial charge in [0.25, 0.3) is 0 Å². The second-order valence-electron chi connectivity index (χ2n) is 4.80. The van der Waals surface area contributed by atoms with Crippen LogP contribution in [0.1, 0.15) is 13.8 Å². The van der Waals surface area contributed by atoms with Crippen LogP contribution >= 0.6 is 12.2 Å². The molecule has 0 aliphatic heterocycles. The first kappa shape index (κ1) is 16.9. The molecule has 0 fully saturated rings. The van der Waals surface area contributed by atoms with E-state index in [9.17, 15) is 9.18 Å². The van der Waals surface area contributed by atoms with Crippen molar-refractivity contribution in [3.63, 3.8) is 0 Å². The lowest BCUT2D eigenvalue weighted by Gasteiger charge is -2.20. The zero-order chi connectivity index (χ0) is 16.8. The van der Waals surface area contributed by atoms with Crippen molar-refractivity contribution in [2.75, 3.05) is 16.8 Å². The second kappa shape index (κ2) is 7.69. The quantitative estimate of drug-likeness (QED) is 0.830. The summed E-state index contributed by atoms with van der Waals surface area (Å²) in [5.74, 6) is -0.0255. The molecule has 4 nitrogen and oxygen atoms in total. The molecule has 2 aromatic carbocycles. The summed E-state index contributed by atoms with van der Waals surface area (Å²) in [6, 6.07) is 12.7. The van der Waals surface area contributed by atoms with Crippen LogP contribution < -0.4 is 15.0 Å². The fourth-order valence-electron chi connectivity index (χ4n) is 2.06. The van der Waals surface area contributed by atoms with Gasteiger partial charge in [-0.3, -0.25) is 4.90 Å². The van der Waals surface area contributed by atoms with Gasteiger partial charge in [0.15, 0.2) is 0 Å². The van der Waals surface area contributed by atoms with Gasteiger partial charge in [-0.2, -0.15) is 0 Å². The molecular formula is C17H17FN2O2S. The molecule has 0 saturated carbocycles. The van der Waals surface area contributed by atoms with Gasteiger partial charge in [-0.15, -0.1) is 0 Å². The Morgan fingerprint density at radius 2 is 2.00 bits per heavy atom. The summed E-state index contributed by atoms with van der Waals surface area (Å²) < 4.78 is 18.7. The van der Waals surface area contributed by atoms with E-state index in [0.29, 0.717) is 23.0 Å². The highest BCUT2D eigenvalue weighted by Crippen LogP contribution is 2.21. The molecule has 0 heterocycles. The monoisotopic (exact) mass is 332 g/mol. The van der Waals surface area contributed by atoms with Gasteiger partial charge in [0.05, 0.1) is 4.99 Å². The Kier molecular flexibility index (Phi) is 5.65. The molecule has 6 heteroatoms. The molecule has 1 N–H and O–H groups in total. The zero-order valence-electron chi connectivity index (χ0n) is 12.9. The Labute approximate surface area is 139 Å². The predicted molar refractivity (Wildman–Crippen MR) is 93.8 cm³/mol. The van der Waals surface area contributed by atoms with Crippen molar-refractivity contribution in [3.05, 3.63) is 54.3 Å². The molecule has 0 aliphatic rings. The molecular weight excluding hydrogens is 315 g/mol. The number of hydrogen-bond donors (Lipinski definition) is 1. The molecule has 0 aromatic heterocycles. The lowest BCUT2D eigenvalue weighted by Crippen LogP contribution is -2.33. The molecule has 2 aromatic rings. The summed E-state index contributed by atoms with van der Waals surface area (Å²) in [4.78, 5) is 14.3. The normalized spacial score (nSPS) is 10.0. The van der Waals surface area contributed by atoms with Crippen LogP contribution in [0.2, 0.25) is 0 Å². The summed E-state index contributed by atoms with van der Waals surface area (Å²) in [6.07, 6.45) is -0.575. The molecule has 0 spiro atoms. The van der Waals surface area contributed by atoms with Gasteiger partial charge in [-0.05, 0) is 44.2 Å². The van der Waals surface area contributed by atoms with Gasteiger partial charge in [0.1, 0.15) is 11.6 Å². The standard InChI is InChI=1S/C17H17FN2O2S/c1-3-20(15-8-4-6-13(18)10-15)17(21)22-16-9-5-7-14(11-16)19-12(2)23/h4-11H,3H2,1-2H3,(H,19,23). The van der Waals surface area contributed by atoms with Gasteiger partial charge >= 0.3 is 6.09 Å². The molecule has 0 atom stereocenters. The Balaban J connectivity index is 2.15. The smallest absolute Gasteiger partial charge is 0.410 e. The Morgan fingerprint density at radius 3 is 2.65 bits per heavy atom. The first-order valence-corrected chi connectivity index (χ1v) is 7.53. The van der Waals surface area contributed by atoms with Crippen LogP contribution in [0.5, 0.6) is 5.75 Å². The van der Waals surface area contributed by atoms with Gasteiger partial charge in [-0.25, -0.2) is 9.18 Å². The van der Waals surface area contributed by atoms with Crippen LogP contribution in [0.4, 0.5) is 20.6 Å². The molecule has 0 radical (unpaired) electrons. The lowest BCUT2D eigenvalue weighted by atomic mass is 10.3. The molecule has 0 saturated heterocycles. The van der Waals surface area contributed by atoms with Crippen molar-refractivity contribution in [2.45, 2.75) is 13.8 Å². The highest BCUT2D eigenvalue weighted by atomic mass is 32.1. The van der Waals surface area contributed by atoms with Crippen molar-refractivity contribution >= 4 is 34.7 Å². The minimum atomic E-state index is -0.575. The number of carbonyl (C=O) groups is 1. The fraction of sp³-hybridized carbons (Fsp3) is 0.176. The number of hydrogen-bond acceptors (Lipinski definition) is 3. The molecule has 120 valence electrons. The SMILES string of the molecule is CCN(C(=O)Oc1cccc(NC(C)=S)c1)c1cccc(F)c1. The summed E-state index contributed by atoms with van der Waals surface area (Å²) >= 11 is 4.98. The highest BCUT2D eigenvalue weighted by Gasteiger charge is 2.17. The molecule has 23 heavy (non-hydrogen) atoms. The first-order valence-electron chi connectivity index (χ1n) is 7.12. The van der Waals surface area contributed by atoms with Gasteiger partial charge < -0.3 is 10.1 Å². The Bertz CT molecular complexity index is 721. The molecule has 0 aliphatic carbocycles. The van der Waals surface area contributed by atoms with Crippen molar-refractivity contribution in [1.82, 2.24) is 0 Å². The number of nitrogens with one attached hydrogen (secondary N) is 1. The Morgan fingerprint density at radius 1 is 1.26 bits per heavy atom. The van der Waals surface area contributed by atoms with Crippen molar-refractivity contribution in [3.8, 4) is 5.75 Å². The van der Waals surface area contributed by atoms with Crippen LogP contribution in [-0.4, -0.2) is 17.6 Å². The molecule has 2 rings (SSSR count). The molecule has 0 unspecified atom stereocenters. The number of amides is 1. The third-order valence-electron chi connectivity index (χ3n) is 3.02. The molecule has 0 bridgehead atoms. The van der Waals surface area contributed by atoms with E-state index in [-0.39, 0.29) is 0 Å². The average molecular weight is 332 g/mol. The summed E-state index contributed by atoms with van der Waals surface area (Å²) in [6.45, 7) is 3.91. The minimum absolute atomic E-state index is 0.360. The van der Waals surface area contributed by atoms with Crippen LogP contribution in [0.3, 0.4) is 0 Å². The number of benzene rings is 2. The van der Waals surface area contributed by atoms with Crippen LogP contribution in [-0.2, 0) is 0 Å². The van der Waals surface area contributed by atoms with Crippen LogP contribution in [0.15, 0.2) is 48.5 Å². The first-order chi connectivity index (χ1) is 11.0. The maximum absolute atomic E-state index is 13.3. The number of carbonyl (C=O) groups excluding carboxylic acids is 1. The van der Waals surface area contributed by atoms with E-state index in [0.717, 1.165) is 5.69 Å². The highest BCUT2D eigenvalue weighted by molar-refractivity contribution is 7.80. The number of thiocarbonyl (C=S) groups is 1. The number of nitrogens with zero attached hydrogens (tertiary/aromatic N) is 1. The minimum Gasteiger partial charge on any atom is -0.410 e. The second-order valence-corrected chi connectivity index (χ2v) is 5.41. The van der Waals surface area contributed by atoms with E-state index in [2.05, 4.69) is 5.32 Å². The van der Waals surface area contributed by atoms with Crippen molar-refractivity contribution in [2.24, 2.45) is 0 Å². The number of halogens is 1. The summed E-state index contributed by atoms with van der Waals surface area (Å²) in [5.41, 5.74) is 1.18. The summed E-state index contributed by atoms with van der Waals surface area (Å²) in [7, 11) is 0. The largest absolute Gasteiger partial charge is 0.419 e. The van der Waals surface area contributed by atoms with Crippen molar-refractivity contribution < 1.29 is 13.9 Å².